The van der Waals surface area contributed by atoms with E-state index in [1.54, 1.807) is 18.2 Å². The van der Waals surface area contributed by atoms with Crippen LogP contribution in [0, 0.1) is 11.6 Å². The van der Waals surface area contributed by atoms with Crippen molar-refractivity contribution in [2.45, 2.75) is 32.4 Å². The van der Waals surface area contributed by atoms with E-state index in [0.29, 0.717) is 18.5 Å². The Balaban J connectivity index is 1.80. The summed E-state index contributed by atoms with van der Waals surface area (Å²) in [6, 6.07) is 12.3. The molecule has 0 aliphatic carbocycles. The van der Waals surface area contributed by atoms with E-state index in [9.17, 15) is 8.78 Å². The minimum Gasteiger partial charge on any atom is -0.342 e. The Morgan fingerprint density at radius 1 is 1.12 bits per heavy atom. The first kappa shape index (κ1) is 16.3. The number of fused-ring (bicyclic) bond motifs is 3. The Morgan fingerprint density at radius 3 is 2.72 bits per heavy atom. The van der Waals surface area contributed by atoms with Gasteiger partial charge in [0.2, 0.25) is 0 Å². The number of rotatable bonds is 3. The van der Waals surface area contributed by atoms with Crippen LogP contribution < -0.4 is 0 Å². The van der Waals surface area contributed by atoms with Gasteiger partial charge in [0, 0.05) is 36.6 Å². The Bertz CT molecular complexity index is 929. The monoisotopic (exact) mass is 340 g/mol. The lowest BCUT2D eigenvalue weighted by Crippen LogP contribution is -2.31. The molecule has 130 valence electrons. The zero-order chi connectivity index (χ0) is 17.6. The molecule has 0 fully saturated rings. The highest BCUT2D eigenvalue weighted by molar-refractivity contribution is 5.87. The van der Waals surface area contributed by atoms with Gasteiger partial charge in [-0.15, -0.1) is 0 Å². The van der Waals surface area contributed by atoms with Crippen LogP contribution in [0.4, 0.5) is 8.78 Å². The topological polar surface area (TPSA) is 8.17 Å². The molecule has 1 aromatic heterocycles. The zero-order valence-corrected chi connectivity index (χ0v) is 14.6. The highest BCUT2D eigenvalue weighted by Crippen LogP contribution is 2.38. The second-order valence-corrected chi connectivity index (χ2v) is 6.93. The van der Waals surface area contributed by atoms with Gasteiger partial charge >= 0.3 is 0 Å². The molecule has 3 aromatic rings. The quantitative estimate of drug-likeness (QED) is 0.670. The van der Waals surface area contributed by atoms with E-state index < -0.39 is 0 Å². The Labute approximate surface area is 146 Å². The van der Waals surface area contributed by atoms with Gasteiger partial charge in [0.05, 0.1) is 5.52 Å². The maximum atomic E-state index is 14.7. The van der Waals surface area contributed by atoms with Gasteiger partial charge in [0.25, 0.3) is 0 Å². The van der Waals surface area contributed by atoms with E-state index in [0.717, 1.165) is 23.9 Å². The standard InChI is InChI=1S/C21H22F2N2/c1-14-20-17-7-4-8-18(23)21(17)25(19(20)10-11-24(14)2)12-9-15-5-3-6-16(22)13-15/h3-8,13-14H,9-12H2,1-2H3. The smallest absolute Gasteiger partial charge is 0.147 e. The van der Waals surface area contributed by atoms with Crippen molar-refractivity contribution in [3.05, 3.63) is 70.9 Å². The fourth-order valence-corrected chi connectivity index (χ4v) is 4.06. The molecule has 2 nitrogen and oxygen atoms in total. The molecule has 0 spiro atoms. The fourth-order valence-electron chi connectivity index (χ4n) is 4.06. The van der Waals surface area contributed by atoms with Gasteiger partial charge < -0.3 is 4.57 Å². The summed E-state index contributed by atoms with van der Waals surface area (Å²) in [5.74, 6) is -0.403. The first-order valence-electron chi connectivity index (χ1n) is 8.80. The third-order valence-electron chi connectivity index (χ3n) is 5.48. The first-order valence-corrected chi connectivity index (χ1v) is 8.80. The summed E-state index contributed by atoms with van der Waals surface area (Å²) in [5.41, 5.74) is 4.09. The van der Waals surface area contributed by atoms with Gasteiger partial charge in [-0.1, -0.05) is 24.3 Å². The number of halogens is 2. The van der Waals surface area contributed by atoms with Crippen molar-refractivity contribution in [2.24, 2.45) is 0 Å². The van der Waals surface area contributed by atoms with Crippen molar-refractivity contribution < 1.29 is 8.78 Å². The van der Waals surface area contributed by atoms with E-state index in [2.05, 4.69) is 23.4 Å². The third-order valence-corrected chi connectivity index (χ3v) is 5.48. The lowest BCUT2D eigenvalue weighted by Gasteiger charge is -2.31. The maximum Gasteiger partial charge on any atom is 0.147 e. The highest BCUT2D eigenvalue weighted by Gasteiger charge is 2.28. The summed E-state index contributed by atoms with van der Waals surface area (Å²) in [6.07, 6.45) is 1.60. The molecule has 0 amide bonds. The SMILES string of the molecule is CC1c2c(n(CCc3cccc(F)c3)c3c(F)cccc23)CCN1C. The first-order chi connectivity index (χ1) is 12.1. The average molecular weight is 340 g/mol. The molecular weight excluding hydrogens is 318 g/mol. The van der Waals surface area contributed by atoms with Crippen molar-refractivity contribution in [3.63, 3.8) is 0 Å². The molecule has 1 aliphatic rings. The average Bonchev–Trinajstić information content (AvgIpc) is 2.92. The largest absolute Gasteiger partial charge is 0.342 e. The Morgan fingerprint density at radius 2 is 1.92 bits per heavy atom. The van der Waals surface area contributed by atoms with E-state index in [1.807, 2.05) is 12.1 Å². The highest BCUT2D eigenvalue weighted by atomic mass is 19.1. The molecule has 25 heavy (non-hydrogen) atoms. The molecule has 0 saturated heterocycles. The number of aryl methyl sites for hydroxylation is 2. The van der Waals surface area contributed by atoms with Crippen LogP contribution >= 0.6 is 0 Å². The number of hydrogen-bond donors (Lipinski definition) is 0. The molecule has 4 rings (SSSR count). The maximum absolute atomic E-state index is 14.7. The number of nitrogens with zero attached hydrogens (tertiary/aromatic N) is 2. The molecule has 1 aliphatic heterocycles. The molecule has 4 heteroatoms. The van der Waals surface area contributed by atoms with E-state index in [1.165, 1.54) is 23.4 Å². The number of para-hydroxylation sites is 1. The number of likely N-dealkylation sites (N-methyl/N-ethyl adjacent to an activating group) is 1. The summed E-state index contributed by atoms with van der Waals surface area (Å²) in [6.45, 7) is 3.80. The van der Waals surface area contributed by atoms with Crippen LogP contribution in [0.25, 0.3) is 10.9 Å². The summed E-state index contributed by atoms with van der Waals surface area (Å²) >= 11 is 0. The van der Waals surface area contributed by atoms with Crippen molar-refractivity contribution in [2.75, 3.05) is 13.6 Å². The van der Waals surface area contributed by atoms with Crippen molar-refractivity contribution in [1.29, 1.82) is 0 Å². The summed E-state index contributed by atoms with van der Waals surface area (Å²) in [4.78, 5) is 2.31. The molecule has 2 heterocycles. The Kier molecular flexibility index (Phi) is 4.08. The predicted octanol–water partition coefficient (Wildman–Crippen LogP) is 4.71. The van der Waals surface area contributed by atoms with Crippen molar-refractivity contribution in [3.8, 4) is 0 Å². The minimum atomic E-state index is -0.224. The van der Waals surface area contributed by atoms with Gasteiger partial charge in [0.1, 0.15) is 11.6 Å². The van der Waals surface area contributed by atoms with Crippen LogP contribution in [0.2, 0.25) is 0 Å². The second-order valence-electron chi connectivity index (χ2n) is 6.93. The summed E-state index contributed by atoms with van der Waals surface area (Å²) < 4.78 is 30.2. The zero-order valence-electron chi connectivity index (χ0n) is 14.6. The van der Waals surface area contributed by atoms with Gasteiger partial charge in [-0.3, -0.25) is 4.90 Å². The van der Waals surface area contributed by atoms with Crippen LogP contribution in [0.1, 0.15) is 29.8 Å². The molecule has 0 N–H and O–H groups in total. The molecule has 0 bridgehead atoms. The molecule has 0 saturated carbocycles. The number of aromatic nitrogens is 1. The number of benzene rings is 2. The Hall–Kier alpha value is -2.20. The molecule has 1 atom stereocenters. The van der Waals surface area contributed by atoms with Gasteiger partial charge in [0.15, 0.2) is 0 Å². The van der Waals surface area contributed by atoms with E-state index in [4.69, 9.17) is 0 Å². The van der Waals surface area contributed by atoms with Crippen LogP contribution in [0.5, 0.6) is 0 Å². The van der Waals surface area contributed by atoms with E-state index in [-0.39, 0.29) is 17.7 Å². The fraction of sp³-hybridized carbons (Fsp3) is 0.333. The molecular formula is C21H22F2N2. The van der Waals surface area contributed by atoms with Gasteiger partial charge in [-0.05, 0) is 49.7 Å². The van der Waals surface area contributed by atoms with E-state index >= 15 is 0 Å². The normalized spacial score (nSPS) is 17.8. The second kappa shape index (κ2) is 6.26. The van der Waals surface area contributed by atoms with Crippen LogP contribution in [0.3, 0.4) is 0 Å². The minimum absolute atomic E-state index is 0.180. The van der Waals surface area contributed by atoms with Crippen LogP contribution in [-0.4, -0.2) is 23.1 Å². The number of hydrogen-bond acceptors (Lipinski definition) is 1. The van der Waals surface area contributed by atoms with Crippen LogP contribution in [0.15, 0.2) is 42.5 Å². The molecule has 1 unspecified atom stereocenters. The summed E-state index contributed by atoms with van der Waals surface area (Å²) in [5, 5.41) is 1.01. The third kappa shape index (κ3) is 2.74. The predicted molar refractivity (Wildman–Crippen MR) is 96.7 cm³/mol. The van der Waals surface area contributed by atoms with Crippen LogP contribution in [-0.2, 0) is 19.4 Å². The van der Waals surface area contributed by atoms with Crippen molar-refractivity contribution >= 4 is 10.9 Å². The van der Waals surface area contributed by atoms with Gasteiger partial charge in [-0.2, -0.15) is 0 Å². The molecule has 0 radical (unpaired) electrons. The lowest BCUT2D eigenvalue weighted by atomic mass is 9.97. The summed E-state index contributed by atoms with van der Waals surface area (Å²) in [7, 11) is 2.11. The van der Waals surface area contributed by atoms with Gasteiger partial charge in [-0.25, -0.2) is 8.78 Å². The lowest BCUT2D eigenvalue weighted by molar-refractivity contribution is 0.245. The van der Waals surface area contributed by atoms with Crippen molar-refractivity contribution in [1.82, 2.24) is 9.47 Å². The molecule has 2 aromatic carbocycles.